The van der Waals surface area contributed by atoms with Crippen molar-refractivity contribution >= 4 is 35.9 Å². The third-order valence-electron chi connectivity index (χ3n) is 4.75. The van der Waals surface area contributed by atoms with Gasteiger partial charge in [0.15, 0.2) is 0 Å². The number of methoxy groups -OCH3 is 2. The van der Waals surface area contributed by atoms with E-state index in [-0.39, 0.29) is 41.3 Å². The van der Waals surface area contributed by atoms with Crippen LogP contribution in [0.5, 0.6) is 0 Å². The number of rotatable bonds is 5. The highest BCUT2D eigenvalue weighted by molar-refractivity contribution is 6.00. The summed E-state index contributed by atoms with van der Waals surface area (Å²) in [5.41, 5.74) is 1.60. The molecule has 3 rings (SSSR count). The Hall–Kier alpha value is -2.91. The van der Waals surface area contributed by atoms with Crippen LogP contribution in [0.4, 0.5) is 5.69 Å². The number of aromatic nitrogens is 2. The zero-order valence-electron chi connectivity index (χ0n) is 16.3. The Kier molecular flexibility index (Phi) is 7.35. The highest BCUT2D eigenvalue weighted by Crippen LogP contribution is 2.29. The third-order valence-corrected chi connectivity index (χ3v) is 4.75. The molecule has 1 aromatic heterocycles. The first-order valence-electron chi connectivity index (χ1n) is 8.74. The van der Waals surface area contributed by atoms with Gasteiger partial charge in [-0.05, 0) is 23.8 Å². The van der Waals surface area contributed by atoms with E-state index >= 15 is 0 Å². The minimum Gasteiger partial charge on any atom is -0.465 e. The molecule has 1 amide bonds. The SMILES string of the molecule is COC(=O)c1cc(NC(=O)[C@H]2CNC[C@@H]2c2cnn(C)c2)cc(C(=O)OC)c1.Cl. The first kappa shape index (κ1) is 22.4. The first-order chi connectivity index (χ1) is 13.4. The van der Waals surface area contributed by atoms with Gasteiger partial charge < -0.3 is 20.1 Å². The minimum absolute atomic E-state index is 0. The van der Waals surface area contributed by atoms with E-state index in [2.05, 4.69) is 15.7 Å². The standard InChI is InChI=1S/C19H22N4O5.ClH/c1-23-10-13(7-21-23)15-8-20-9-16(15)17(24)22-14-5-11(18(25)27-2)4-12(6-14)19(26)28-3;/h4-7,10,15-16,20H,8-9H2,1-3H3,(H,22,24);1H/t15-,16+;/m1./s1. The quantitative estimate of drug-likeness (QED) is 0.699. The molecule has 2 atom stereocenters. The number of amides is 1. The maximum Gasteiger partial charge on any atom is 0.337 e. The molecule has 2 heterocycles. The lowest BCUT2D eigenvalue weighted by molar-refractivity contribution is -0.119. The summed E-state index contributed by atoms with van der Waals surface area (Å²) in [7, 11) is 4.32. The van der Waals surface area contributed by atoms with Crippen molar-refractivity contribution < 1.29 is 23.9 Å². The number of halogens is 1. The van der Waals surface area contributed by atoms with Gasteiger partial charge in [0, 0.05) is 37.9 Å². The van der Waals surface area contributed by atoms with Crippen LogP contribution in [0.2, 0.25) is 0 Å². The van der Waals surface area contributed by atoms with E-state index in [1.807, 2.05) is 13.2 Å². The number of ether oxygens (including phenoxy) is 2. The van der Waals surface area contributed by atoms with Crippen molar-refractivity contribution in [1.29, 1.82) is 0 Å². The number of nitrogens with zero attached hydrogens (tertiary/aromatic N) is 2. The Bertz CT molecular complexity index is 880. The summed E-state index contributed by atoms with van der Waals surface area (Å²) in [6.07, 6.45) is 3.65. The van der Waals surface area contributed by atoms with Crippen LogP contribution in [0, 0.1) is 5.92 Å². The number of aryl methyl sites for hydroxylation is 1. The van der Waals surface area contributed by atoms with Crippen molar-refractivity contribution in [2.24, 2.45) is 13.0 Å². The monoisotopic (exact) mass is 422 g/mol. The van der Waals surface area contributed by atoms with Crippen LogP contribution in [0.1, 0.15) is 32.2 Å². The number of carbonyl (C=O) groups excluding carboxylic acids is 3. The molecule has 1 fully saturated rings. The number of anilines is 1. The van der Waals surface area contributed by atoms with Gasteiger partial charge in [0.2, 0.25) is 5.91 Å². The van der Waals surface area contributed by atoms with E-state index < -0.39 is 11.9 Å². The molecule has 29 heavy (non-hydrogen) atoms. The van der Waals surface area contributed by atoms with Gasteiger partial charge >= 0.3 is 11.9 Å². The number of nitrogens with one attached hydrogen (secondary N) is 2. The lowest BCUT2D eigenvalue weighted by Gasteiger charge is -2.17. The van der Waals surface area contributed by atoms with E-state index in [4.69, 9.17) is 9.47 Å². The Balaban J connectivity index is 0.00000300. The summed E-state index contributed by atoms with van der Waals surface area (Å²) < 4.78 is 11.1. The van der Waals surface area contributed by atoms with Gasteiger partial charge in [0.1, 0.15) is 0 Å². The highest BCUT2D eigenvalue weighted by Gasteiger charge is 2.34. The van der Waals surface area contributed by atoms with Crippen molar-refractivity contribution in [2.75, 3.05) is 32.6 Å². The molecule has 1 aliphatic heterocycles. The van der Waals surface area contributed by atoms with Crippen molar-refractivity contribution in [3.63, 3.8) is 0 Å². The second kappa shape index (κ2) is 9.53. The summed E-state index contributed by atoms with van der Waals surface area (Å²) in [5.74, 6) is -1.77. The minimum atomic E-state index is -0.614. The molecule has 1 saturated heterocycles. The van der Waals surface area contributed by atoms with E-state index in [1.165, 1.54) is 32.4 Å². The van der Waals surface area contributed by atoms with Crippen LogP contribution in [-0.4, -0.2) is 54.9 Å². The number of carbonyl (C=O) groups is 3. The normalized spacial score (nSPS) is 17.9. The summed E-state index contributed by atoms with van der Waals surface area (Å²) in [4.78, 5) is 36.7. The fourth-order valence-electron chi connectivity index (χ4n) is 3.34. The van der Waals surface area contributed by atoms with Gasteiger partial charge in [-0.1, -0.05) is 0 Å². The highest BCUT2D eigenvalue weighted by atomic mass is 35.5. The second-order valence-corrected chi connectivity index (χ2v) is 6.59. The zero-order valence-corrected chi connectivity index (χ0v) is 17.1. The molecule has 2 N–H and O–H groups in total. The number of hydrogen-bond donors (Lipinski definition) is 2. The van der Waals surface area contributed by atoms with Gasteiger partial charge in [-0.3, -0.25) is 9.48 Å². The van der Waals surface area contributed by atoms with Crippen LogP contribution in [0.25, 0.3) is 0 Å². The average molecular weight is 423 g/mol. The molecule has 0 bridgehead atoms. The lowest BCUT2D eigenvalue weighted by atomic mass is 9.90. The second-order valence-electron chi connectivity index (χ2n) is 6.59. The molecule has 9 nitrogen and oxygen atoms in total. The van der Waals surface area contributed by atoms with Gasteiger partial charge in [-0.15, -0.1) is 12.4 Å². The fraction of sp³-hybridized carbons (Fsp3) is 0.368. The molecule has 0 unspecified atom stereocenters. The van der Waals surface area contributed by atoms with Crippen LogP contribution >= 0.6 is 12.4 Å². The smallest absolute Gasteiger partial charge is 0.337 e. The largest absolute Gasteiger partial charge is 0.465 e. The van der Waals surface area contributed by atoms with E-state index in [0.29, 0.717) is 18.8 Å². The van der Waals surface area contributed by atoms with E-state index in [9.17, 15) is 14.4 Å². The summed E-state index contributed by atoms with van der Waals surface area (Å²) in [5, 5.41) is 10.2. The topological polar surface area (TPSA) is 112 Å². The summed E-state index contributed by atoms with van der Waals surface area (Å²) in [6, 6.07) is 4.30. The fourth-order valence-corrected chi connectivity index (χ4v) is 3.34. The number of hydrogen-bond acceptors (Lipinski definition) is 7. The number of esters is 2. The van der Waals surface area contributed by atoms with Crippen LogP contribution in [0.15, 0.2) is 30.6 Å². The Morgan fingerprint density at radius 2 is 1.72 bits per heavy atom. The Labute approximate surface area is 174 Å². The predicted octanol–water partition coefficient (Wildman–Crippen LogP) is 1.36. The van der Waals surface area contributed by atoms with Crippen LogP contribution < -0.4 is 10.6 Å². The molecule has 0 aliphatic carbocycles. The molecule has 0 radical (unpaired) electrons. The summed E-state index contributed by atoms with van der Waals surface area (Å²) >= 11 is 0. The third kappa shape index (κ3) is 4.93. The number of benzene rings is 1. The van der Waals surface area contributed by atoms with Gasteiger partial charge in [-0.2, -0.15) is 5.10 Å². The Morgan fingerprint density at radius 3 is 2.24 bits per heavy atom. The molecule has 0 saturated carbocycles. The summed E-state index contributed by atoms with van der Waals surface area (Å²) in [6.45, 7) is 1.19. The molecule has 1 aliphatic rings. The van der Waals surface area contributed by atoms with E-state index in [1.54, 1.807) is 10.9 Å². The first-order valence-corrected chi connectivity index (χ1v) is 8.74. The molecule has 156 valence electrons. The maximum absolute atomic E-state index is 12.9. The molecular formula is C19H23ClN4O5. The van der Waals surface area contributed by atoms with Crippen LogP contribution in [0.3, 0.4) is 0 Å². The van der Waals surface area contributed by atoms with Crippen molar-refractivity contribution in [3.05, 3.63) is 47.3 Å². The molecule has 2 aromatic rings. The molecular weight excluding hydrogens is 400 g/mol. The lowest BCUT2D eigenvalue weighted by Crippen LogP contribution is -2.28. The van der Waals surface area contributed by atoms with Crippen molar-refractivity contribution in [3.8, 4) is 0 Å². The van der Waals surface area contributed by atoms with Gasteiger partial charge in [-0.25, -0.2) is 9.59 Å². The maximum atomic E-state index is 12.9. The van der Waals surface area contributed by atoms with E-state index in [0.717, 1.165) is 5.56 Å². The molecule has 10 heteroatoms. The average Bonchev–Trinajstić information content (AvgIpc) is 3.35. The van der Waals surface area contributed by atoms with Crippen molar-refractivity contribution in [2.45, 2.75) is 5.92 Å². The Morgan fingerprint density at radius 1 is 1.10 bits per heavy atom. The zero-order chi connectivity index (χ0) is 20.3. The van der Waals surface area contributed by atoms with Crippen molar-refractivity contribution in [1.82, 2.24) is 15.1 Å². The predicted molar refractivity (Wildman–Crippen MR) is 107 cm³/mol. The molecule has 1 aromatic carbocycles. The van der Waals surface area contributed by atoms with Gasteiger partial charge in [0.25, 0.3) is 0 Å². The molecule has 0 spiro atoms. The van der Waals surface area contributed by atoms with Crippen LogP contribution in [-0.2, 0) is 21.3 Å². The van der Waals surface area contributed by atoms with Gasteiger partial charge in [0.05, 0.1) is 37.5 Å².